The molecule has 0 radical (unpaired) electrons. The number of nitrogens with one attached hydrogen (secondary N) is 1. The molecular weight excluding hydrogens is 626 g/mol. The quantitative estimate of drug-likeness (QED) is 0.199. The largest absolute Gasteiger partial charge is 0.460 e. The zero-order valence-electron chi connectivity index (χ0n) is 21.5. The van der Waals surface area contributed by atoms with Gasteiger partial charge < -0.3 is 14.8 Å². The maximum atomic E-state index is 14.6. The predicted octanol–water partition coefficient (Wildman–Crippen LogP) is 5.13. The Labute approximate surface area is 238 Å². The number of alkyl halides is 7. The first-order valence-electron chi connectivity index (χ1n) is 11.7. The van der Waals surface area contributed by atoms with Crippen molar-refractivity contribution in [1.82, 2.24) is 25.2 Å². The second-order valence-electron chi connectivity index (χ2n) is 9.28. The standard InChI is InChI=1S/C22H17F8N7O5S/c1-19(2)41-8-12(9-42-19)36-18(33-34-35-36)43-15-4-3-11(37(39)40)6-13(15)17(38)32-16-14(23)5-10(7-31-16)20(24,25)21(26,27)22(28,29)30/h3-7,12H,8-9H2,1-2H3,(H,31,32,38). The molecule has 3 heterocycles. The summed E-state index contributed by atoms with van der Waals surface area (Å²) in [6.45, 7) is 3.64. The van der Waals surface area contributed by atoms with Crippen LogP contribution in [0.1, 0.15) is 35.8 Å². The molecule has 0 unspecified atom stereocenters. The highest BCUT2D eigenvalue weighted by Crippen LogP contribution is 2.51. The number of benzene rings is 1. The Hall–Kier alpha value is -3.98. The van der Waals surface area contributed by atoms with Gasteiger partial charge in [-0.1, -0.05) is 0 Å². The van der Waals surface area contributed by atoms with E-state index in [0.717, 1.165) is 30.0 Å². The van der Waals surface area contributed by atoms with Gasteiger partial charge >= 0.3 is 18.0 Å². The van der Waals surface area contributed by atoms with E-state index in [0.29, 0.717) is 0 Å². The lowest BCUT2D eigenvalue weighted by Gasteiger charge is -2.34. The number of aromatic nitrogens is 5. The molecule has 43 heavy (non-hydrogen) atoms. The van der Waals surface area contributed by atoms with Crippen molar-refractivity contribution in [2.24, 2.45) is 0 Å². The molecule has 1 saturated heterocycles. The Morgan fingerprint density at radius 2 is 1.79 bits per heavy atom. The summed E-state index contributed by atoms with van der Waals surface area (Å²) < 4.78 is 119. The van der Waals surface area contributed by atoms with Crippen LogP contribution < -0.4 is 5.32 Å². The average Bonchev–Trinajstić information content (AvgIpc) is 3.37. The number of ether oxygens (including phenoxy) is 2. The van der Waals surface area contributed by atoms with Crippen LogP contribution in [0, 0.1) is 15.9 Å². The van der Waals surface area contributed by atoms with Crippen molar-refractivity contribution in [3.63, 3.8) is 0 Å². The number of carbonyl (C=O) groups is 1. The first-order chi connectivity index (χ1) is 19.8. The number of pyridine rings is 1. The van der Waals surface area contributed by atoms with Gasteiger partial charge in [-0.3, -0.25) is 14.9 Å². The lowest BCUT2D eigenvalue weighted by atomic mass is 10.0. The van der Waals surface area contributed by atoms with Crippen molar-refractivity contribution in [2.75, 3.05) is 18.5 Å². The minimum atomic E-state index is -6.68. The van der Waals surface area contributed by atoms with Gasteiger partial charge in [-0.15, -0.1) is 5.10 Å². The third kappa shape index (κ3) is 6.37. The number of hydrogen-bond acceptors (Lipinski definition) is 10. The van der Waals surface area contributed by atoms with Crippen LogP contribution in [-0.4, -0.2) is 67.1 Å². The number of nitro benzene ring substituents is 1. The molecule has 1 fully saturated rings. The molecule has 0 spiro atoms. The molecule has 21 heteroatoms. The van der Waals surface area contributed by atoms with E-state index in [-0.39, 0.29) is 35.5 Å². The number of nitro groups is 1. The number of anilines is 1. The van der Waals surface area contributed by atoms with E-state index in [1.165, 1.54) is 4.68 Å². The predicted molar refractivity (Wildman–Crippen MR) is 127 cm³/mol. The first kappa shape index (κ1) is 31.9. The Morgan fingerprint density at radius 3 is 2.37 bits per heavy atom. The number of amides is 1. The summed E-state index contributed by atoms with van der Waals surface area (Å²) in [6.07, 6.45) is -6.85. The van der Waals surface area contributed by atoms with E-state index < -0.39 is 69.1 Å². The van der Waals surface area contributed by atoms with Crippen molar-refractivity contribution in [3.05, 3.63) is 57.5 Å². The molecule has 3 aromatic rings. The third-order valence-corrected chi connectivity index (χ3v) is 6.89. The molecule has 4 rings (SSSR count). The molecule has 0 atom stereocenters. The molecule has 1 aliphatic heterocycles. The zero-order valence-corrected chi connectivity index (χ0v) is 22.4. The van der Waals surface area contributed by atoms with Crippen molar-refractivity contribution in [1.29, 1.82) is 0 Å². The molecular formula is C22H17F8N7O5S. The normalized spacial score (nSPS) is 16.2. The zero-order chi connectivity index (χ0) is 32.0. The van der Waals surface area contributed by atoms with Gasteiger partial charge in [0.05, 0.1) is 23.7 Å². The number of hydrogen-bond donors (Lipinski definition) is 1. The van der Waals surface area contributed by atoms with Crippen molar-refractivity contribution in [2.45, 2.75) is 53.7 Å². The fourth-order valence-electron chi connectivity index (χ4n) is 3.54. The van der Waals surface area contributed by atoms with Crippen LogP contribution in [0.5, 0.6) is 0 Å². The summed E-state index contributed by atoms with van der Waals surface area (Å²) in [4.78, 5) is 26.6. The monoisotopic (exact) mass is 643 g/mol. The topological polar surface area (TPSA) is 147 Å². The van der Waals surface area contributed by atoms with E-state index in [9.17, 15) is 50.0 Å². The van der Waals surface area contributed by atoms with Crippen LogP contribution in [-0.2, 0) is 15.4 Å². The average molecular weight is 643 g/mol. The van der Waals surface area contributed by atoms with Crippen molar-refractivity contribution < 1.29 is 54.3 Å². The van der Waals surface area contributed by atoms with Crippen LogP contribution in [0.15, 0.2) is 40.5 Å². The highest BCUT2D eigenvalue weighted by Gasteiger charge is 2.73. The molecule has 1 aromatic carbocycles. The van der Waals surface area contributed by atoms with Crippen LogP contribution >= 0.6 is 11.8 Å². The van der Waals surface area contributed by atoms with Crippen molar-refractivity contribution in [3.8, 4) is 0 Å². The molecule has 1 aliphatic rings. The molecule has 12 nitrogen and oxygen atoms in total. The van der Waals surface area contributed by atoms with E-state index >= 15 is 0 Å². The Morgan fingerprint density at radius 1 is 1.14 bits per heavy atom. The van der Waals surface area contributed by atoms with Crippen LogP contribution in [0.3, 0.4) is 0 Å². The maximum absolute atomic E-state index is 14.6. The Kier molecular flexibility index (Phi) is 8.37. The molecule has 0 aliphatic carbocycles. The van der Waals surface area contributed by atoms with Gasteiger partial charge in [-0.05, 0) is 48.2 Å². The SMILES string of the molecule is CC1(C)OCC(n2nnnc2Sc2ccc([N+](=O)[O-])cc2C(=O)Nc2ncc(C(F)(F)C(F)(F)C(F)(F)F)cc2F)CO1. The lowest BCUT2D eigenvalue weighted by molar-refractivity contribution is -0.384. The van der Waals surface area contributed by atoms with Gasteiger partial charge in [0.15, 0.2) is 17.4 Å². The minimum absolute atomic E-state index is 0.0227. The molecule has 1 N–H and O–H groups in total. The summed E-state index contributed by atoms with van der Waals surface area (Å²) in [5, 5.41) is 24.5. The molecule has 232 valence electrons. The Bertz CT molecular complexity index is 1540. The highest BCUT2D eigenvalue weighted by molar-refractivity contribution is 7.99. The van der Waals surface area contributed by atoms with Gasteiger partial charge in [0, 0.05) is 28.8 Å². The van der Waals surface area contributed by atoms with E-state index in [1.54, 1.807) is 13.8 Å². The van der Waals surface area contributed by atoms with Crippen molar-refractivity contribution >= 4 is 29.2 Å². The lowest BCUT2D eigenvalue weighted by Crippen LogP contribution is -2.50. The molecule has 1 amide bonds. The summed E-state index contributed by atoms with van der Waals surface area (Å²) in [5.74, 6) is -17.7. The smallest absolute Gasteiger partial charge is 0.348 e. The van der Waals surface area contributed by atoms with E-state index in [1.807, 2.05) is 5.32 Å². The first-order valence-corrected chi connectivity index (χ1v) is 12.5. The van der Waals surface area contributed by atoms with E-state index in [2.05, 4.69) is 20.5 Å². The molecule has 0 saturated carbocycles. The highest BCUT2D eigenvalue weighted by atomic mass is 32.2. The number of tetrazole rings is 1. The number of rotatable bonds is 8. The summed E-state index contributed by atoms with van der Waals surface area (Å²) in [6, 6.07) is 2.08. The maximum Gasteiger partial charge on any atom is 0.460 e. The van der Waals surface area contributed by atoms with Gasteiger partial charge in [-0.2, -0.15) is 30.7 Å². The van der Waals surface area contributed by atoms with E-state index in [4.69, 9.17) is 9.47 Å². The third-order valence-electron chi connectivity index (χ3n) is 5.86. The number of halogens is 8. The van der Waals surface area contributed by atoms with Gasteiger partial charge in [0.1, 0.15) is 6.04 Å². The number of carbonyl (C=O) groups excluding carboxylic acids is 1. The number of nitrogens with zero attached hydrogens (tertiary/aromatic N) is 6. The van der Waals surface area contributed by atoms with Gasteiger partial charge in [0.25, 0.3) is 11.6 Å². The van der Waals surface area contributed by atoms with Crippen LogP contribution in [0.2, 0.25) is 0 Å². The number of non-ortho nitro benzene ring substituents is 1. The summed E-state index contributed by atoms with van der Waals surface area (Å²) in [7, 11) is 0. The van der Waals surface area contributed by atoms with Gasteiger partial charge in [-0.25, -0.2) is 14.1 Å². The second kappa shape index (κ2) is 11.3. The fourth-order valence-corrected chi connectivity index (χ4v) is 4.49. The second-order valence-corrected chi connectivity index (χ2v) is 10.3. The van der Waals surface area contributed by atoms with Gasteiger partial charge in [0.2, 0.25) is 5.16 Å². The Balaban J connectivity index is 1.62. The summed E-state index contributed by atoms with van der Waals surface area (Å²) in [5.41, 5.74) is -3.20. The van der Waals surface area contributed by atoms with Crippen LogP contribution in [0.4, 0.5) is 46.6 Å². The molecule has 0 bridgehead atoms. The van der Waals surface area contributed by atoms with Crippen LogP contribution in [0.25, 0.3) is 0 Å². The summed E-state index contributed by atoms with van der Waals surface area (Å²) >= 11 is 0.744. The minimum Gasteiger partial charge on any atom is -0.348 e. The molecule has 2 aromatic heterocycles. The fraction of sp³-hybridized carbons (Fsp3) is 0.409.